The molecule has 0 saturated carbocycles. The number of likely N-dealkylation sites (tertiary alicyclic amines) is 1. The monoisotopic (exact) mass is 396 g/mol. The fourth-order valence-electron chi connectivity index (χ4n) is 5.28. The molecule has 3 heterocycles. The molecular weight excluding hydrogens is 371 g/mol. The predicted molar refractivity (Wildman–Crippen MR) is 106 cm³/mol. The molecule has 2 N–H and O–H groups in total. The van der Waals surface area contributed by atoms with Gasteiger partial charge in [-0.25, -0.2) is 9.18 Å². The molecule has 2 amide bonds. The van der Waals surface area contributed by atoms with Gasteiger partial charge in [0.05, 0.1) is 18.3 Å². The Kier molecular flexibility index (Phi) is 4.76. The highest BCUT2D eigenvalue weighted by molar-refractivity contribution is 5.74. The van der Waals surface area contributed by atoms with E-state index in [1.54, 1.807) is 4.90 Å². The van der Waals surface area contributed by atoms with Gasteiger partial charge in [-0.15, -0.1) is 0 Å². The number of rotatable bonds is 3. The number of fused-ring (bicyclic) bond motifs is 4. The molecule has 6 atom stereocenters. The molecule has 3 fully saturated rings. The summed E-state index contributed by atoms with van der Waals surface area (Å²) in [7, 11) is 0. The minimum atomic E-state index is -0.575. The van der Waals surface area contributed by atoms with Crippen LogP contribution in [0.25, 0.3) is 0 Å². The SMILES string of the molecule is O=C(NCc1ccccc1)N1C[C@H]2[C@H](O)[C@@H]3C[C@H](c4ccc(F)cc4)[C@@H](O3)[C@H]2C1. The van der Waals surface area contributed by atoms with Crippen molar-refractivity contribution in [2.45, 2.75) is 37.2 Å². The number of halogens is 1. The van der Waals surface area contributed by atoms with Crippen molar-refractivity contribution in [3.05, 3.63) is 71.5 Å². The first-order chi connectivity index (χ1) is 14.1. The van der Waals surface area contributed by atoms with Crippen LogP contribution in [0.1, 0.15) is 23.5 Å². The summed E-state index contributed by atoms with van der Waals surface area (Å²) in [5.74, 6) is -0.0267. The van der Waals surface area contributed by atoms with Crippen LogP contribution in [0.2, 0.25) is 0 Å². The van der Waals surface area contributed by atoms with Gasteiger partial charge in [0.25, 0.3) is 0 Å². The Labute approximate surface area is 169 Å². The molecule has 29 heavy (non-hydrogen) atoms. The first-order valence-electron chi connectivity index (χ1n) is 10.3. The number of amides is 2. The van der Waals surface area contributed by atoms with Gasteiger partial charge in [-0.05, 0) is 29.7 Å². The summed E-state index contributed by atoms with van der Waals surface area (Å²) < 4.78 is 19.5. The molecule has 0 radical (unpaired) electrons. The molecule has 2 aromatic rings. The summed E-state index contributed by atoms with van der Waals surface area (Å²) in [6, 6.07) is 16.3. The van der Waals surface area contributed by atoms with Gasteiger partial charge in [0.15, 0.2) is 0 Å². The van der Waals surface area contributed by atoms with Gasteiger partial charge in [0, 0.05) is 37.4 Å². The number of benzene rings is 2. The van der Waals surface area contributed by atoms with E-state index in [1.807, 2.05) is 42.5 Å². The first kappa shape index (κ1) is 18.6. The number of carbonyl (C=O) groups is 1. The molecule has 3 aliphatic rings. The Hall–Kier alpha value is -2.44. The molecule has 6 heteroatoms. The summed E-state index contributed by atoms with van der Waals surface area (Å²) in [6.07, 6.45) is -0.104. The van der Waals surface area contributed by atoms with E-state index in [9.17, 15) is 14.3 Å². The fourth-order valence-corrected chi connectivity index (χ4v) is 5.28. The highest BCUT2D eigenvalue weighted by Gasteiger charge is 2.56. The van der Waals surface area contributed by atoms with E-state index in [2.05, 4.69) is 5.32 Å². The average molecular weight is 396 g/mol. The van der Waals surface area contributed by atoms with Gasteiger partial charge in [-0.2, -0.15) is 0 Å². The third-order valence-electron chi connectivity index (χ3n) is 6.74. The van der Waals surface area contributed by atoms with Gasteiger partial charge >= 0.3 is 6.03 Å². The number of aliphatic hydroxyl groups is 1. The van der Waals surface area contributed by atoms with Gasteiger partial charge < -0.3 is 20.1 Å². The van der Waals surface area contributed by atoms with Gasteiger partial charge in [-0.3, -0.25) is 0 Å². The summed E-state index contributed by atoms with van der Waals surface area (Å²) in [6.45, 7) is 1.59. The van der Waals surface area contributed by atoms with Crippen molar-refractivity contribution in [1.29, 1.82) is 0 Å². The molecule has 2 bridgehead atoms. The molecular formula is C23H25FN2O3. The highest BCUT2D eigenvalue weighted by Crippen LogP contribution is 2.50. The van der Waals surface area contributed by atoms with E-state index in [-0.39, 0.29) is 41.8 Å². The summed E-state index contributed by atoms with van der Waals surface area (Å²) >= 11 is 0. The van der Waals surface area contributed by atoms with Gasteiger partial charge in [0.2, 0.25) is 0 Å². The van der Waals surface area contributed by atoms with Crippen molar-refractivity contribution >= 4 is 6.03 Å². The summed E-state index contributed by atoms with van der Waals surface area (Å²) in [5.41, 5.74) is 2.09. The zero-order valence-corrected chi connectivity index (χ0v) is 16.1. The lowest BCUT2D eigenvalue weighted by Gasteiger charge is -2.36. The van der Waals surface area contributed by atoms with Crippen molar-refractivity contribution in [2.24, 2.45) is 11.8 Å². The number of ether oxygens (including phenoxy) is 1. The number of hydrogen-bond acceptors (Lipinski definition) is 3. The maximum absolute atomic E-state index is 13.3. The van der Waals surface area contributed by atoms with Crippen LogP contribution in [0, 0.1) is 17.7 Å². The van der Waals surface area contributed by atoms with Crippen molar-refractivity contribution in [2.75, 3.05) is 13.1 Å². The quantitative estimate of drug-likeness (QED) is 0.839. The van der Waals surface area contributed by atoms with Crippen LogP contribution in [0.4, 0.5) is 9.18 Å². The van der Waals surface area contributed by atoms with Crippen LogP contribution in [0.5, 0.6) is 0 Å². The van der Waals surface area contributed by atoms with E-state index in [0.29, 0.717) is 19.6 Å². The summed E-state index contributed by atoms with van der Waals surface area (Å²) in [4.78, 5) is 14.5. The topological polar surface area (TPSA) is 61.8 Å². The van der Waals surface area contributed by atoms with Gasteiger partial charge in [0.1, 0.15) is 5.82 Å². The second-order valence-corrected chi connectivity index (χ2v) is 8.40. The molecule has 0 spiro atoms. The Balaban J connectivity index is 1.29. The second kappa shape index (κ2) is 7.43. The zero-order chi connectivity index (χ0) is 20.0. The van der Waals surface area contributed by atoms with Crippen LogP contribution in [-0.4, -0.2) is 47.4 Å². The number of carbonyl (C=O) groups excluding carboxylic acids is 1. The largest absolute Gasteiger partial charge is 0.390 e. The molecule has 0 unspecified atom stereocenters. The van der Waals surface area contributed by atoms with Crippen LogP contribution < -0.4 is 5.32 Å². The lowest BCUT2D eigenvalue weighted by atomic mass is 9.81. The lowest BCUT2D eigenvalue weighted by molar-refractivity contribution is -0.126. The molecule has 0 aromatic heterocycles. The Morgan fingerprint density at radius 3 is 2.59 bits per heavy atom. The Morgan fingerprint density at radius 2 is 1.83 bits per heavy atom. The predicted octanol–water partition coefficient (Wildman–Crippen LogP) is 2.90. The highest BCUT2D eigenvalue weighted by atomic mass is 19.1. The Bertz CT molecular complexity index is 875. The molecule has 0 aliphatic carbocycles. The van der Waals surface area contributed by atoms with Crippen LogP contribution in [0.3, 0.4) is 0 Å². The lowest BCUT2D eigenvalue weighted by Crippen LogP contribution is -2.46. The summed E-state index contributed by atoms with van der Waals surface area (Å²) in [5, 5.41) is 13.8. The number of nitrogens with zero attached hydrogens (tertiary/aromatic N) is 1. The second-order valence-electron chi connectivity index (χ2n) is 8.40. The fraction of sp³-hybridized carbons (Fsp3) is 0.435. The number of urea groups is 1. The normalized spacial score (nSPS) is 32.8. The molecule has 3 aliphatic heterocycles. The number of hydrogen-bond donors (Lipinski definition) is 2. The van der Waals surface area contributed by atoms with Crippen molar-refractivity contribution in [1.82, 2.24) is 10.2 Å². The van der Waals surface area contributed by atoms with Crippen molar-refractivity contribution in [3.8, 4) is 0 Å². The standard InChI is InChI=1S/C23H25FN2O3/c24-16-8-6-15(7-9-16)17-10-20-21(27)18-12-26(13-19(18)22(17)29-20)23(28)25-11-14-4-2-1-3-5-14/h1-9,17-22,27H,10-13H2,(H,25,28)/t17-,18-,19+,20+,21+,22-/m1/s1. The van der Waals surface area contributed by atoms with E-state index < -0.39 is 6.10 Å². The van der Waals surface area contributed by atoms with Crippen LogP contribution >= 0.6 is 0 Å². The van der Waals surface area contributed by atoms with Crippen LogP contribution in [0.15, 0.2) is 54.6 Å². The molecule has 152 valence electrons. The average Bonchev–Trinajstić information content (AvgIpc) is 3.36. The maximum atomic E-state index is 13.3. The maximum Gasteiger partial charge on any atom is 0.317 e. The van der Waals surface area contributed by atoms with E-state index >= 15 is 0 Å². The van der Waals surface area contributed by atoms with Crippen molar-refractivity contribution < 1.29 is 19.0 Å². The molecule has 3 saturated heterocycles. The third kappa shape index (κ3) is 3.40. The third-order valence-corrected chi connectivity index (χ3v) is 6.74. The number of aliphatic hydroxyl groups excluding tert-OH is 1. The first-order valence-corrected chi connectivity index (χ1v) is 10.3. The van der Waals surface area contributed by atoms with E-state index in [4.69, 9.17) is 4.74 Å². The number of nitrogens with one attached hydrogen (secondary N) is 1. The van der Waals surface area contributed by atoms with E-state index in [0.717, 1.165) is 17.5 Å². The van der Waals surface area contributed by atoms with Crippen LogP contribution in [-0.2, 0) is 11.3 Å². The van der Waals surface area contributed by atoms with Gasteiger partial charge in [-0.1, -0.05) is 42.5 Å². The minimum absolute atomic E-state index is 0.0201. The molecule has 5 nitrogen and oxygen atoms in total. The Morgan fingerprint density at radius 1 is 1.10 bits per heavy atom. The zero-order valence-electron chi connectivity index (χ0n) is 16.1. The van der Waals surface area contributed by atoms with E-state index in [1.165, 1.54) is 12.1 Å². The van der Waals surface area contributed by atoms with Crippen molar-refractivity contribution in [3.63, 3.8) is 0 Å². The molecule has 2 aromatic carbocycles. The smallest absolute Gasteiger partial charge is 0.317 e. The minimum Gasteiger partial charge on any atom is -0.390 e. The molecule has 5 rings (SSSR count).